The Bertz CT molecular complexity index is 373. The molecule has 0 spiro atoms. The normalized spacial score (nSPS) is 20.1. The molecule has 0 saturated carbocycles. The standard InChI is InChI=1S/C14H23N3/c1-14(2)5-3-8-17(9-6-14)13-4-7-16-12(10-13)11-15/h4,7,10H,3,5-6,8-9,11,15H2,1-2H3. The number of pyridine rings is 1. The van der Waals surface area contributed by atoms with Crippen molar-refractivity contribution in [2.75, 3.05) is 18.0 Å². The topological polar surface area (TPSA) is 42.2 Å². The minimum absolute atomic E-state index is 0.485. The molecule has 1 aromatic heterocycles. The average Bonchev–Trinajstić information content (AvgIpc) is 2.50. The number of aromatic nitrogens is 1. The van der Waals surface area contributed by atoms with Crippen molar-refractivity contribution in [1.82, 2.24) is 4.98 Å². The van der Waals surface area contributed by atoms with Crippen LogP contribution in [0.3, 0.4) is 0 Å². The van der Waals surface area contributed by atoms with Crippen molar-refractivity contribution in [1.29, 1.82) is 0 Å². The lowest BCUT2D eigenvalue weighted by molar-refractivity contribution is 0.325. The number of nitrogens with two attached hydrogens (primary N) is 1. The third kappa shape index (κ3) is 3.19. The van der Waals surface area contributed by atoms with Crippen molar-refractivity contribution in [2.24, 2.45) is 11.1 Å². The second-order valence-corrected chi connectivity index (χ2v) is 5.71. The van der Waals surface area contributed by atoms with Crippen molar-refractivity contribution in [3.05, 3.63) is 24.0 Å². The minimum atomic E-state index is 0.485. The molecule has 0 bridgehead atoms. The van der Waals surface area contributed by atoms with Crippen LogP contribution in [0, 0.1) is 5.41 Å². The molecule has 17 heavy (non-hydrogen) atoms. The first-order chi connectivity index (χ1) is 8.11. The van der Waals surface area contributed by atoms with Gasteiger partial charge in [0.25, 0.3) is 0 Å². The van der Waals surface area contributed by atoms with Gasteiger partial charge in [-0.25, -0.2) is 0 Å². The van der Waals surface area contributed by atoms with Gasteiger partial charge in [0.2, 0.25) is 0 Å². The second kappa shape index (κ2) is 5.05. The average molecular weight is 233 g/mol. The van der Waals surface area contributed by atoms with Gasteiger partial charge < -0.3 is 10.6 Å². The smallest absolute Gasteiger partial charge is 0.0560 e. The highest BCUT2D eigenvalue weighted by Gasteiger charge is 2.23. The van der Waals surface area contributed by atoms with Gasteiger partial charge in [0.15, 0.2) is 0 Å². The van der Waals surface area contributed by atoms with Gasteiger partial charge >= 0.3 is 0 Å². The highest BCUT2D eigenvalue weighted by molar-refractivity contribution is 5.46. The Kier molecular flexibility index (Phi) is 3.67. The van der Waals surface area contributed by atoms with E-state index in [1.807, 2.05) is 6.20 Å². The zero-order valence-electron chi connectivity index (χ0n) is 10.9. The number of hydrogen-bond acceptors (Lipinski definition) is 3. The summed E-state index contributed by atoms with van der Waals surface area (Å²) in [5.41, 5.74) is 8.38. The minimum Gasteiger partial charge on any atom is -0.371 e. The monoisotopic (exact) mass is 233 g/mol. The van der Waals surface area contributed by atoms with Crippen LogP contribution in [0.2, 0.25) is 0 Å². The summed E-state index contributed by atoms with van der Waals surface area (Å²) in [4.78, 5) is 6.72. The zero-order valence-corrected chi connectivity index (χ0v) is 10.9. The van der Waals surface area contributed by atoms with Crippen molar-refractivity contribution in [3.63, 3.8) is 0 Å². The molecule has 3 nitrogen and oxygen atoms in total. The molecule has 1 aliphatic rings. The first kappa shape index (κ1) is 12.4. The van der Waals surface area contributed by atoms with E-state index in [2.05, 4.69) is 35.9 Å². The fourth-order valence-electron chi connectivity index (χ4n) is 2.45. The second-order valence-electron chi connectivity index (χ2n) is 5.71. The molecule has 2 rings (SSSR count). The van der Waals surface area contributed by atoms with E-state index in [0.717, 1.165) is 18.8 Å². The molecular weight excluding hydrogens is 210 g/mol. The molecule has 1 aliphatic heterocycles. The first-order valence-electron chi connectivity index (χ1n) is 6.51. The van der Waals surface area contributed by atoms with Crippen LogP contribution in [0.1, 0.15) is 38.8 Å². The van der Waals surface area contributed by atoms with Gasteiger partial charge in [0.05, 0.1) is 5.69 Å². The summed E-state index contributed by atoms with van der Waals surface area (Å²) >= 11 is 0. The Balaban J connectivity index is 2.11. The summed E-state index contributed by atoms with van der Waals surface area (Å²) in [5.74, 6) is 0. The molecule has 2 N–H and O–H groups in total. The van der Waals surface area contributed by atoms with Gasteiger partial charge in [0.1, 0.15) is 0 Å². The molecule has 1 saturated heterocycles. The van der Waals surface area contributed by atoms with E-state index < -0.39 is 0 Å². The molecule has 1 fully saturated rings. The Hall–Kier alpha value is -1.09. The Labute approximate surface area is 104 Å². The van der Waals surface area contributed by atoms with Crippen LogP contribution in [0.4, 0.5) is 5.69 Å². The molecule has 1 aromatic rings. The van der Waals surface area contributed by atoms with E-state index in [4.69, 9.17) is 5.73 Å². The molecule has 0 amide bonds. The van der Waals surface area contributed by atoms with Gasteiger partial charge in [-0.1, -0.05) is 13.8 Å². The quantitative estimate of drug-likeness (QED) is 0.853. The molecule has 2 heterocycles. The maximum absolute atomic E-state index is 5.64. The van der Waals surface area contributed by atoms with E-state index >= 15 is 0 Å². The van der Waals surface area contributed by atoms with Gasteiger partial charge in [-0.2, -0.15) is 0 Å². The lowest BCUT2D eigenvalue weighted by Gasteiger charge is -2.25. The Morgan fingerprint density at radius 1 is 1.35 bits per heavy atom. The Morgan fingerprint density at radius 3 is 2.94 bits per heavy atom. The van der Waals surface area contributed by atoms with Gasteiger partial charge in [0, 0.05) is 31.5 Å². The van der Waals surface area contributed by atoms with Gasteiger partial charge in [-0.15, -0.1) is 0 Å². The van der Waals surface area contributed by atoms with Crippen LogP contribution in [-0.4, -0.2) is 18.1 Å². The predicted molar refractivity (Wildman–Crippen MR) is 72.0 cm³/mol. The number of nitrogens with zero attached hydrogens (tertiary/aromatic N) is 2. The molecule has 94 valence electrons. The summed E-state index contributed by atoms with van der Waals surface area (Å²) in [6.07, 6.45) is 5.71. The summed E-state index contributed by atoms with van der Waals surface area (Å²) in [7, 11) is 0. The van der Waals surface area contributed by atoms with Crippen molar-refractivity contribution < 1.29 is 0 Å². The van der Waals surface area contributed by atoms with Crippen molar-refractivity contribution in [3.8, 4) is 0 Å². The molecule has 3 heteroatoms. The molecule has 0 aromatic carbocycles. The maximum atomic E-state index is 5.64. The predicted octanol–water partition coefficient (Wildman–Crippen LogP) is 2.56. The summed E-state index contributed by atoms with van der Waals surface area (Å²) in [6.45, 7) is 7.55. The van der Waals surface area contributed by atoms with Gasteiger partial charge in [-0.05, 0) is 36.8 Å². The molecular formula is C14H23N3. The van der Waals surface area contributed by atoms with Crippen LogP contribution >= 0.6 is 0 Å². The van der Waals surface area contributed by atoms with Crippen LogP contribution < -0.4 is 10.6 Å². The third-order valence-corrected chi connectivity index (χ3v) is 3.71. The molecule has 0 radical (unpaired) electrons. The van der Waals surface area contributed by atoms with E-state index in [0.29, 0.717) is 12.0 Å². The number of anilines is 1. The Morgan fingerprint density at radius 2 is 2.18 bits per heavy atom. The maximum Gasteiger partial charge on any atom is 0.0560 e. The highest BCUT2D eigenvalue weighted by atomic mass is 15.1. The molecule has 0 aliphatic carbocycles. The largest absolute Gasteiger partial charge is 0.371 e. The number of hydrogen-bond donors (Lipinski definition) is 1. The third-order valence-electron chi connectivity index (χ3n) is 3.71. The fraction of sp³-hybridized carbons (Fsp3) is 0.643. The van der Waals surface area contributed by atoms with Crippen LogP contribution in [0.5, 0.6) is 0 Å². The first-order valence-corrected chi connectivity index (χ1v) is 6.51. The highest BCUT2D eigenvalue weighted by Crippen LogP contribution is 2.31. The van der Waals surface area contributed by atoms with Crippen LogP contribution in [0.15, 0.2) is 18.3 Å². The van der Waals surface area contributed by atoms with E-state index in [9.17, 15) is 0 Å². The van der Waals surface area contributed by atoms with E-state index in [-0.39, 0.29) is 0 Å². The van der Waals surface area contributed by atoms with Gasteiger partial charge in [-0.3, -0.25) is 4.98 Å². The van der Waals surface area contributed by atoms with Crippen LogP contribution in [0.25, 0.3) is 0 Å². The van der Waals surface area contributed by atoms with E-state index in [1.165, 1.54) is 24.9 Å². The fourth-order valence-corrected chi connectivity index (χ4v) is 2.45. The van der Waals surface area contributed by atoms with Crippen molar-refractivity contribution >= 4 is 5.69 Å². The lowest BCUT2D eigenvalue weighted by atomic mass is 9.85. The molecule has 0 atom stereocenters. The number of rotatable bonds is 2. The lowest BCUT2D eigenvalue weighted by Crippen LogP contribution is -2.25. The summed E-state index contributed by atoms with van der Waals surface area (Å²) in [5, 5.41) is 0. The zero-order chi connectivity index (χ0) is 12.3. The van der Waals surface area contributed by atoms with Crippen molar-refractivity contribution in [2.45, 2.75) is 39.7 Å². The summed E-state index contributed by atoms with van der Waals surface area (Å²) in [6, 6.07) is 4.22. The van der Waals surface area contributed by atoms with E-state index in [1.54, 1.807) is 0 Å². The van der Waals surface area contributed by atoms with Crippen LogP contribution in [-0.2, 0) is 6.54 Å². The molecule has 0 unspecified atom stereocenters. The summed E-state index contributed by atoms with van der Waals surface area (Å²) < 4.78 is 0. The SMILES string of the molecule is CC1(C)CCCN(c2ccnc(CN)c2)CC1.